The average molecular weight is 445 g/mol. The Bertz CT molecular complexity index is 1140. The molecule has 170 valence electrons. The third-order valence-corrected chi connectivity index (χ3v) is 6.14. The monoisotopic (exact) mass is 444 g/mol. The molecule has 0 amide bonds. The van der Waals surface area contributed by atoms with Gasteiger partial charge in [-0.25, -0.2) is 4.68 Å². The highest BCUT2D eigenvalue weighted by Crippen LogP contribution is 2.34. The van der Waals surface area contributed by atoms with Crippen LogP contribution in [0.3, 0.4) is 0 Å². The van der Waals surface area contributed by atoms with Gasteiger partial charge in [-0.2, -0.15) is 0 Å². The van der Waals surface area contributed by atoms with Crippen molar-refractivity contribution < 1.29 is 9.15 Å². The van der Waals surface area contributed by atoms with Crippen LogP contribution >= 0.6 is 0 Å². The van der Waals surface area contributed by atoms with Gasteiger partial charge in [0, 0.05) is 38.3 Å². The first-order valence-corrected chi connectivity index (χ1v) is 11.2. The van der Waals surface area contributed by atoms with Crippen LogP contribution in [0.1, 0.15) is 28.8 Å². The smallest absolute Gasteiger partial charge is 0.173 e. The molecule has 1 atom stereocenters. The van der Waals surface area contributed by atoms with Gasteiger partial charge in [-0.05, 0) is 34.2 Å². The molecule has 4 aromatic rings. The molecule has 0 saturated carbocycles. The summed E-state index contributed by atoms with van der Waals surface area (Å²) >= 11 is 0. The van der Waals surface area contributed by atoms with E-state index in [4.69, 9.17) is 9.15 Å². The maximum atomic E-state index is 5.73. The molecular formula is C25H28N6O2. The quantitative estimate of drug-likeness (QED) is 0.413. The number of ether oxygens (including phenoxy) is 1. The van der Waals surface area contributed by atoms with Gasteiger partial charge in [0.25, 0.3) is 0 Å². The Morgan fingerprint density at radius 3 is 2.45 bits per heavy atom. The fraction of sp³-hybridized carbons (Fsp3) is 0.320. The minimum absolute atomic E-state index is 0.120. The first-order chi connectivity index (χ1) is 16.3. The van der Waals surface area contributed by atoms with Gasteiger partial charge in [0.05, 0.1) is 13.4 Å². The number of nitrogens with zero attached hydrogens (tertiary/aromatic N) is 6. The summed E-state index contributed by atoms with van der Waals surface area (Å²) in [6, 6.07) is 22.5. The summed E-state index contributed by atoms with van der Waals surface area (Å²) in [5.41, 5.74) is 2.40. The Balaban J connectivity index is 1.41. The van der Waals surface area contributed by atoms with Gasteiger partial charge < -0.3 is 9.15 Å². The summed E-state index contributed by atoms with van der Waals surface area (Å²) in [6.07, 6.45) is 1.67. The number of hydrogen-bond acceptors (Lipinski definition) is 7. The molecule has 8 nitrogen and oxygen atoms in total. The standard InChI is InChI=1S/C25H28N6O2/c1-32-23-12-6-5-11-22(23)24(25-26-27-28-31(25)19-21-10-7-17-33-21)30-15-13-29(14-16-30)18-20-8-3-2-4-9-20/h2-12,17,24H,13-16,18-19H2,1H3/t24-/m1/s1. The fourth-order valence-corrected chi connectivity index (χ4v) is 4.48. The molecule has 0 radical (unpaired) electrons. The van der Waals surface area contributed by atoms with Crippen LogP contribution in [0.15, 0.2) is 77.4 Å². The normalized spacial score (nSPS) is 16.0. The van der Waals surface area contributed by atoms with Crippen molar-refractivity contribution in [1.29, 1.82) is 0 Å². The van der Waals surface area contributed by atoms with Crippen molar-refractivity contribution in [2.24, 2.45) is 0 Å². The number of furan rings is 1. The third-order valence-electron chi connectivity index (χ3n) is 6.14. The highest BCUT2D eigenvalue weighted by Gasteiger charge is 2.32. The van der Waals surface area contributed by atoms with Gasteiger partial charge in [0.2, 0.25) is 0 Å². The third kappa shape index (κ3) is 4.81. The lowest BCUT2D eigenvalue weighted by molar-refractivity contribution is 0.0992. The maximum Gasteiger partial charge on any atom is 0.173 e. The Morgan fingerprint density at radius 1 is 0.909 bits per heavy atom. The van der Waals surface area contributed by atoms with Gasteiger partial charge in [0.1, 0.15) is 24.1 Å². The predicted octanol–water partition coefficient (Wildman–Crippen LogP) is 3.23. The van der Waals surface area contributed by atoms with E-state index in [1.807, 2.05) is 35.0 Å². The summed E-state index contributed by atoms with van der Waals surface area (Å²) in [7, 11) is 1.71. The maximum absolute atomic E-state index is 5.73. The van der Waals surface area contributed by atoms with Crippen LogP contribution in [0, 0.1) is 0 Å². The van der Waals surface area contributed by atoms with Crippen LogP contribution in [-0.4, -0.2) is 63.3 Å². The van der Waals surface area contributed by atoms with Crippen LogP contribution in [0.4, 0.5) is 0 Å². The minimum atomic E-state index is -0.120. The van der Waals surface area contributed by atoms with Crippen molar-refractivity contribution in [1.82, 2.24) is 30.0 Å². The van der Waals surface area contributed by atoms with Crippen molar-refractivity contribution >= 4 is 0 Å². The van der Waals surface area contributed by atoms with E-state index >= 15 is 0 Å². The van der Waals surface area contributed by atoms with Crippen molar-refractivity contribution in [3.63, 3.8) is 0 Å². The lowest BCUT2D eigenvalue weighted by Crippen LogP contribution is -2.48. The zero-order valence-electron chi connectivity index (χ0n) is 18.7. The van der Waals surface area contributed by atoms with Crippen molar-refractivity contribution in [2.75, 3.05) is 33.3 Å². The molecule has 3 heterocycles. The molecule has 0 N–H and O–H groups in total. The van der Waals surface area contributed by atoms with Crippen LogP contribution in [0.2, 0.25) is 0 Å². The number of piperazine rings is 1. The largest absolute Gasteiger partial charge is 0.496 e. The SMILES string of the molecule is COc1ccccc1[C@H](c1nnnn1Cc1ccco1)N1CCN(Cc2ccccc2)CC1. The van der Waals surface area contributed by atoms with E-state index in [1.165, 1.54) is 5.56 Å². The second-order valence-corrected chi connectivity index (χ2v) is 8.22. The highest BCUT2D eigenvalue weighted by molar-refractivity contribution is 5.39. The molecule has 0 aliphatic carbocycles. The van der Waals surface area contributed by atoms with Crippen LogP contribution < -0.4 is 4.74 Å². The topological polar surface area (TPSA) is 72.4 Å². The molecule has 2 aromatic carbocycles. The molecule has 1 fully saturated rings. The van der Waals surface area contributed by atoms with Gasteiger partial charge in [-0.1, -0.05) is 48.5 Å². The van der Waals surface area contributed by atoms with Crippen molar-refractivity contribution in [3.05, 3.63) is 95.7 Å². The van der Waals surface area contributed by atoms with Gasteiger partial charge in [-0.15, -0.1) is 5.10 Å². The second-order valence-electron chi connectivity index (χ2n) is 8.22. The highest BCUT2D eigenvalue weighted by atomic mass is 16.5. The molecule has 1 aliphatic heterocycles. The molecule has 8 heteroatoms. The molecule has 0 spiro atoms. The molecule has 1 aliphatic rings. The average Bonchev–Trinajstić information content (AvgIpc) is 3.54. The number of methoxy groups -OCH3 is 1. The molecule has 0 unspecified atom stereocenters. The summed E-state index contributed by atoms with van der Waals surface area (Å²) in [5.74, 6) is 2.43. The summed E-state index contributed by atoms with van der Waals surface area (Å²) < 4.78 is 13.1. The lowest BCUT2D eigenvalue weighted by Gasteiger charge is -2.39. The second kappa shape index (κ2) is 9.97. The van der Waals surface area contributed by atoms with Crippen LogP contribution in [0.5, 0.6) is 5.75 Å². The molecule has 0 bridgehead atoms. The zero-order valence-corrected chi connectivity index (χ0v) is 18.7. The number of para-hydroxylation sites is 1. The number of rotatable bonds is 8. The van der Waals surface area contributed by atoms with Crippen molar-refractivity contribution in [2.45, 2.75) is 19.1 Å². The van der Waals surface area contributed by atoms with E-state index in [-0.39, 0.29) is 6.04 Å². The Hall–Kier alpha value is -3.49. The molecule has 1 saturated heterocycles. The molecule has 2 aromatic heterocycles. The summed E-state index contributed by atoms with van der Waals surface area (Å²) in [6.45, 7) is 5.20. The fourth-order valence-electron chi connectivity index (χ4n) is 4.48. The first-order valence-electron chi connectivity index (χ1n) is 11.2. The van der Waals surface area contributed by atoms with E-state index in [9.17, 15) is 0 Å². The number of benzene rings is 2. The first kappa shape index (κ1) is 21.4. The Kier molecular flexibility index (Phi) is 6.46. The van der Waals surface area contributed by atoms with Gasteiger partial charge in [0.15, 0.2) is 5.82 Å². The molecule has 5 rings (SSSR count). The number of aromatic nitrogens is 4. The number of hydrogen-bond donors (Lipinski definition) is 0. The summed E-state index contributed by atoms with van der Waals surface area (Å²) in [5, 5.41) is 12.8. The van der Waals surface area contributed by atoms with E-state index in [0.29, 0.717) is 6.54 Å². The zero-order chi connectivity index (χ0) is 22.5. The van der Waals surface area contributed by atoms with Gasteiger partial charge in [-0.3, -0.25) is 9.80 Å². The summed E-state index contributed by atoms with van der Waals surface area (Å²) in [4.78, 5) is 4.95. The predicted molar refractivity (Wildman–Crippen MR) is 124 cm³/mol. The van der Waals surface area contributed by atoms with E-state index < -0.39 is 0 Å². The minimum Gasteiger partial charge on any atom is -0.496 e. The lowest BCUT2D eigenvalue weighted by atomic mass is 10.0. The van der Waals surface area contributed by atoms with Crippen LogP contribution in [0.25, 0.3) is 0 Å². The van der Waals surface area contributed by atoms with E-state index in [2.05, 4.69) is 61.7 Å². The van der Waals surface area contributed by atoms with E-state index in [1.54, 1.807) is 13.4 Å². The molecular weight excluding hydrogens is 416 g/mol. The van der Waals surface area contributed by atoms with Crippen molar-refractivity contribution in [3.8, 4) is 5.75 Å². The van der Waals surface area contributed by atoms with E-state index in [0.717, 1.165) is 55.6 Å². The van der Waals surface area contributed by atoms with Gasteiger partial charge >= 0.3 is 0 Å². The molecule has 33 heavy (non-hydrogen) atoms. The Morgan fingerprint density at radius 2 is 1.70 bits per heavy atom. The van der Waals surface area contributed by atoms with Crippen LogP contribution in [-0.2, 0) is 13.1 Å². The number of tetrazole rings is 1. The Labute approximate surface area is 193 Å².